The lowest BCUT2D eigenvalue weighted by Gasteiger charge is -2.13. The van der Waals surface area contributed by atoms with Crippen molar-refractivity contribution in [3.05, 3.63) is 92.6 Å². The second kappa shape index (κ2) is 25.9. The van der Waals surface area contributed by atoms with Crippen LogP contribution in [0.25, 0.3) is 6.08 Å². The van der Waals surface area contributed by atoms with E-state index in [0.717, 1.165) is 12.8 Å². The number of ether oxygens (including phenoxy) is 2. The Morgan fingerprint density at radius 3 is 1.88 bits per heavy atom. The zero-order valence-electron chi connectivity index (χ0n) is 20.5. The maximum absolute atomic E-state index is 10.8. The number of benzene rings is 1. The van der Waals surface area contributed by atoms with Crippen LogP contribution >= 0.6 is 0 Å². The summed E-state index contributed by atoms with van der Waals surface area (Å²) in [4.78, 5) is 21.0. The van der Waals surface area contributed by atoms with E-state index in [1.54, 1.807) is 19.1 Å². The minimum absolute atomic E-state index is 0.310. The van der Waals surface area contributed by atoms with Crippen LogP contribution in [-0.4, -0.2) is 25.7 Å². The third-order valence-electron chi connectivity index (χ3n) is 3.91. The van der Waals surface area contributed by atoms with Crippen molar-refractivity contribution in [2.24, 2.45) is 5.92 Å². The lowest BCUT2D eigenvalue weighted by atomic mass is 10.0. The van der Waals surface area contributed by atoms with Crippen LogP contribution in [0.3, 0.4) is 0 Å². The molecule has 0 spiro atoms. The predicted octanol–water partition coefficient (Wildman–Crippen LogP) is 7.36. The first-order valence-corrected chi connectivity index (χ1v) is 10.7. The fourth-order valence-electron chi connectivity index (χ4n) is 1.92. The van der Waals surface area contributed by atoms with Crippen LogP contribution in [0.15, 0.2) is 87.0 Å². The maximum atomic E-state index is 10.8. The first-order valence-electron chi connectivity index (χ1n) is 10.7. The molecule has 1 unspecified atom stereocenters. The van der Waals surface area contributed by atoms with E-state index in [1.165, 1.54) is 31.6 Å². The monoisotopic (exact) mass is 442 g/mol. The summed E-state index contributed by atoms with van der Waals surface area (Å²) < 4.78 is 9.26. The van der Waals surface area contributed by atoms with Gasteiger partial charge in [0, 0.05) is 11.6 Å². The van der Waals surface area contributed by atoms with E-state index >= 15 is 0 Å². The molecule has 0 saturated carbocycles. The Morgan fingerprint density at radius 2 is 1.59 bits per heavy atom. The molecule has 0 saturated heterocycles. The van der Waals surface area contributed by atoms with Crippen LogP contribution in [0.1, 0.15) is 52.0 Å². The summed E-state index contributed by atoms with van der Waals surface area (Å²) in [6, 6.07) is 10.0. The largest absolute Gasteiger partial charge is 0.466 e. The number of allylic oxidation sites excluding steroid dienone is 2. The zero-order valence-corrected chi connectivity index (χ0v) is 20.5. The van der Waals surface area contributed by atoms with Gasteiger partial charge in [-0.1, -0.05) is 115 Å². The summed E-state index contributed by atoms with van der Waals surface area (Å²) >= 11 is 0. The topological polar surface area (TPSA) is 52.6 Å². The number of carbonyl (C=O) groups is 2. The lowest BCUT2D eigenvalue weighted by molar-refractivity contribution is -0.139. The van der Waals surface area contributed by atoms with Crippen LogP contribution in [0.4, 0.5) is 0 Å². The molecule has 0 bridgehead atoms. The number of esters is 2. The highest BCUT2D eigenvalue weighted by molar-refractivity contribution is 5.86. The minimum Gasteiger partial charge on any atom is -0.466 e. The quantitative estimate of drug-likeness (QED) is 0.216. The summed E-state index contributed by atoms with van der Waals surface area (Å²) in [6.07, 6.45) is 11.0. The van der Waals surface area contributed by atoms with Gasteiger partial charge in [0.25, 0.3) is 0 Å². The smallest absolute Gasteiger partial charge is 0.332 e. The maximum Gasteiger partial charge on any atom is 0.332 e. The number of carbonyl (C=O) groups excluding carboxylic acids is 2. The fraction of sp³-hybridized carbons (Fsp3) is 0.357. The molecule has 0 fully saturated rings. The highest BCUT2D eigenvalue weighted by atomic mass is 16.5. The van der Waals surface area contributed by atoms with Crippen molar-refractivity contribution < 1.29 is 19.1 Å². The second-order valence-electron chi connectivity index (χ2n) is 6.61. The molecule has 0 aromatic heterocycles. The molecule has 1 aromatic carbocycles. The van der Waals surface area contributed by atoms with Gasteiger partial charge >= 0.3 is 11.9 Å². The van der Waals surface area contributed by atoms with E-state index in [4.69, 9.17) is 4.74 Å². The lowest BCUT2D eigenvalue weighted by Crippen LogP contribution is -2.12. The fourth-order valence-corrected chi connectivity index (χ4v) is 1.92. The van der Waals surface area contributed by atoms with Gasteiger partial charge in [-0.15, -0.1) is 0 Å². The van der Waals surface area contributed by atoms with Crippen molar-refractivity contribution in [3.63, 3.8) is 0 Å². The Labute approximate surface area is 196 Å². The summed E-state index contributed by atoms with van der Waals surface area (Å²) in [5, 5.41) is 0. The van der Waals surface area contributed by atoms with E-state index < -0.39 is 0 Å². The standard InChI is InChI=1S/C11H20O2.C8H8.C5H8O2.C4H6/c1-4-7-8-10(5-2)9-13-11(12)6-3;1-2-8-6-4-3-5-7-8;1-4(2)5(6)7-3;1-3-4-2/h6,10H,3-5,7-9H2,1-2H3;2-7H,1H2;1H2,2-3H3;3-4H,1-2H2. The van der Waals surface area contributed by atoms with Crippen LogP contribution in [0.2, 0.25) is 0 Å². The van der Waals surface area contributed by atoms with Gasteiger partial charge in [-0.25, -0.2) is 9.59 Å². The summed E-state index contributed by atoms with van der Waals surface area (Å²) in [6.45, 7) is 23.5. The van der Waals surface area contributed by atoms with Crippen molar-refractivity contribution in [1.82, 2.24) is 0 Å². The van der Waals surface area contributed by atoms with E-state index in [2.05, 4.69) is 51.5 Å². The summed E-state index contributed by atoms with van der Waals surface area (Å²) in [7, 11) is 1.33. The van der Waals surface area contributed by atoms with Crippen molar-refractivity contribution in [1.29, 1.82) is 0 Å². The molecule has 0 aliphatic heterocycles. The number of methoxy groups -OCH3 is 1. The molecule has 1 atom stereocenters. The predicted molar refractivity (Wildman–Crippen MR) is 138 cm³/mol. The van der Waals surface area contributed by atoms with Gasteiger partial charge in [-0.2, -0.15) is 0 Å². The third kappa shape index (κ3) is 24.9. The van der Waals surface area contributed by atoms with Gasteiger partial charge in [0.05, 0.1) is 13.7 Å². The normalized spacial score (nSPS) is 9.38. The first-order chi connectivity index (χ1) is 15.3. The Kier molecular flexibility index (Phi) is 27.1. The number of unbranched alkanes of at least 4 members (excludes halogenated alkanes) is 1. The van der Waals surface area contributed by atoms with Gasteiger partial charge < -0.3 is 9.47 Å². The van der Waals surface area contributed by atoms with Crippen LogP contribution in [-0.2, 0) is 19.1 Å². The molecule has 0 heterocycles. The second-order valence-corrected chi connectivity index (χ2v) is 6.61. The molecule has 4 heteroatoms. The van der Waals surface area contributed by atoms with Crippen molar-refractivity contribution in [2.45, 2.75) is 46.5 Å². The Morgan fingerprint density at radius 1 is 1.03 bits per heavy atom. The summed E-state index contributed by atoms with van der Waals surface area (Å²) in [5.41, 5.74) is 1.61. The molecule has 32 heavy (non-hydrogen) atoms. The average molecular weight is 443 g/mol. The van der Waals surface area contributed by atoms with Crippen LogP contribution in [0, 0.1) is 5.92 Å². The van der Waals surface area contributed by atoms with Gasteiger partial charge in [0.2, 0.25) is 0 Å². The van der Waals surface area contributed by atoms with Gasteiger partial charge in [-0.05, 0) is 24.8 Å². The van der Waals surface area contributed by atoms with Crippen LogP contribution in [0.5, 0.6) is 0 Å². The Hall–Kier alpha value is -3.14. The Bertz CT molecular complexity index is 653. The number of hydrogen-bond acceptors (Lipinski definition) is 4. The van der Waals surface area contributed by atoms with E-state index in [-0.39, 0.29) is 11.9 Å². The Balaban J connectivity index is -0.000000380. The molecule has 0 amide bonds. The first kappa shape index (κ1) is 33.5. The molecule has 178 valence electrons. The van der Waals surface area contributed by atoms with Crippen molar-refractivity contribution in [3.8, 4) is 0 Å². The molecule has 4 nitrogen and oxygen atoms in total. The molecule has 1 rings (SSSR count). The molecule has 0 radical (unpaired) electrons. The van der Waals surface area contributed by atoms with Gasteiger partial charge in [0.15, 0.2) is 0 Å². The molecule has 0 aliphatic rings. The molecule has 0 N–H and O–H groups in total. The van der Waals surface area contributed by atoms with E-state index in [0.29, 0.717) is 18.1 Å². The average Bonchev–Trinajstić information content (AvgIpc) is 2.84. The molecule has 0 aliphatic carbocycles. The SMILES string of the molecule is C=C(C)C(=O)OC.C=CC(=O)OCC(CC)CCCC.C=CC=C.C=Cc1ccccc1. The van der Waals surface area contributed by atoms with Crippen molar-refractivity contribution >= 4 is 18.0 Å². The van der Waals surface area contributed by atoms with Crippen LogP contribution < -0.4 is 0 Å². The highest BCUT2D eigenvalue weighted by Crippen LogP contribution is 2.12. The van der Waals surface area contributed by atoms with E-state index in [9.17, 15) is 9.59 Å². The molecular weight excluding hydrogens is 400 g/mol. The molecular formula is C28H42O4. The van der Waals surface area contributed by atoms with Gasteiger partial charge in [0.1, 0.15) is 0 Å². The summed E-state index contributed by atoms with van der Waals surface area (Å²) in [5.74, 6) is -0.140. The van der Waals surface area contributed by atoms with Crippen molar-refractivity contribution in [2.75, 3.05) is 13.7 Å². The van der Waals surface area contributed by atoms with Gasteiger partial charge in [-0.3, -0.25) is 0 Å². The highest BCUT2D eigenvalue weighted by Gasteiger charge is 2.07. The zero-order chi connectivity index (χ0) is 25.2. The van der Waals surface area contributed by atoms with E-state index in [1.807, 2.05) is 36.4 Å². The number of rotatable bonds is 10. The third-order valence-corrected chi connectivity index (χ3v) is 3.91. The minimum atomic E-state index is -0.347. The number of hydrogen-bond donors (Lipinski definition) is 0. The molecule has 1 aromatic rings.